The summed E-state index contributed by atoms with van der Waals surface area (Å²) < 4.78 is 0. The molecule has 1 aliphatic carbocycles. The Morgan fingerprint density at radius 3 is 2.69 bits per heavy atom. The minimum absolute atomic E-state index is 0.0265. The molecular formula is C18H21ClN4O3. The number of hydrogen-bond acceptors (Lipinski definition) is 6. The van der Waals surface area contributed by atoms with E-state index >= 15 is 0 Å². The van der Waals surface area contributed by atoms with Crippen molar-refractivity contribution in [3.8, 4) is 23.1 Å². The van der Waals surface area contributed by atoms with Crippen molar-refractivity contribution in [3.63, 3.8) is 0 Å². The number of aromatic nitrogens is 3. The number of hydrogen-bond donors (Lipinski definition) is 3. The summed E-state index contributed by atoms with van der Waals surface area (Å²) in [4.78, 5) is 24.6. The van der Waals surface area contributed by atoms with Gasteiger partial charge >= 0.3 is 0 Å². The summed E-state index contributed by atoms with van der Waals surface area (Å²) in [6.07, 6.45) is 7.18. The summed E-state index contributed by atoms with van der Waals surface area (Å²) in [6, 6.07) is 3.19. The maximum absolute atomic E-state index is 12.6. The number of rotatable bonds is 4. The molecule has 2 aromatic rings. The number of carbonyl (C=O) groups is 1. The second kappa shape index (κ2) is 7.86. The second-order valence-corrected chi connectivity index (χ2v) is 6.97. The third-order valence-electron chi connectivity index (χ3n) is 4.77. The molecule has 0 bridgehead atoms. The summed E-state index contributed by atoms with van der Waals surface area (Å²) in [6.45, 7) is 1.95. The maximum Gasteiger partial charge on any atom is 0.274 e. The molecule has 3 rings (SSSR count). The predicted octanol–water partition coefficient (Wildman–Crippen LogP) is 3.30. The van der Waals surface area contributed by atoms with Crippen molar-refractivity contribution in [1.29, 1.82) is 0 Å². The molecule has 0 spiro atoms. The number of nitrogens with zero attached hydrogens (tertiary/aromatic N) is 3. The fraction of sp³-hybridized carbons (Fsp3) is 0.444. The van der Waals surface area contributed by atoms with Gasteiger partial charge in [-0.05, 0) is 37.8 Å². The lowest BCUT2D eigenvalue weighted by Crippen LogP contribution is -2.39. The highest BCUT2D eigenvalue weighted by Gasteiger charge is 2.26. The molecular weight excluding hydrogens is 356 g/mol. The fourth-order valence-corrected chi connectivity index (χ4v) is 3.49. The molecule has 138 valence electrons. The molecule has 0 aliphatic heterocycles. The Labute approximate surface area is 156 Å². The van der Waals surface area contributed by atoms with Gasteiger partial charge in [-0.25, -0.2) is 4.98 Å². The summed E-state index contributed by atoms with van der Waals surface area (Å²) in [5.74, 6) is -1.54. The van der Waals surface area contributed by atoms with Gasteiger partial charge in [0.25, 0.3) is 11.8 Å². The standard InChI is InChI=1S/C18H21ClN4O3/c1-10(11-6-3-2-4-7-11)21-17(25)14-15(24)18(26)23-16(22-14)13-12(19)8-5-9-20-13/h5,8-11,24H,2-4,6-7H2,1H3,(H,21,25)(H,22,23,26). The molecule has 0 saturated heterocycles. The number of halogens is 1. The Balaban J connectivity index is 1.86. The molecule has 2 aromatic heterocycles. The van der Waals surface area contributed by atoms with Crippen LogP contribution < -0.4 is 5.32 Å². The van der Waals surface area contributed by atoms with Crippen LogP contribution in [0.3, 0.4) is 0 Å². The molecule has 7 nitrogen and oxygen atoms in total. The monoisotopic (exact) mass is 376 g/mol. The van der Waals surface area contributed by atoms with Crippen LogP contribution in [0.15, 0.2) is 18.3 Å². The van der Waals surface area contributed by atoms with Gasteiger partial charge in [0.15, 0.2) is 11.5 Å². The van der Waals surface area contributed by atoms with E-state index in [0.717, 1.165) is 25.7 Å². The van der Waals surface area contributed by atoms with Gasteiger partial charge in [-0.3, -0.25) is 9.78 Å². The van der Waals surface area contributed by atoms with E-state index in [1.165, 1.54) is 12.6 Å². The number of amides is 1. The van der Waals surface area contributed by atoms with E-state index in [2.05, 4.69) is 20.3 Å². The molecule has 0 aromatic carbocycles. The zero-order valence-corrected chi connectivity index (χ0v) is 15.2. The van der Waals surface area contributed by atoms with Gasteiger partial charge in [-0.15, -0.1) is 0 Å². The minimum atomic E-state index is -0.688. The van der Waals surface area contributed by atoms with Gasteiger partial charge in [-0.1, -0.05) is 30.9 Å². The average Bonchev–Trinajstić information content (AvgIpc) is 2.65. The van der Waals surface area contributed by atoms with Crippen LogP contribution in [0.2, 0.25) is 5.02 Å². The molecule has 8 heteroatoms. The Morgan fingerprint density at radius 1 is 1.27 bits per heavy atom. The van der Waals surface area contributed by atoms with Gasteiger partial charge < -0.3 is 15.5 Å². The first-order valence-electron chi connectivity index (χ1n) is 8.69. The van der Waals surface area contributed by atoms with Crippen LogP contribution in [0.5, 0.6) is 11.6 Å². The van der Waals surface area contributed by atoms with Crippen LogP contribution in [0.4, 0.5) is 0 Å². The van der Waals surface area contributed by atoms with Crippen molar-refractivity contribution in [3.05, 3.63) is 29.0 Å². The summed E-state index contributed by atoms with van der Waals surface area (Å²) in [5, 5.41) is 23.1. The number of aromatic hydroxyl groups is 2. The third-order valence-corrected chi connectivity index (χ3v) is 5.07. The summed E-state index contributed by atoms with van der Waals surface area (Å²) in [5.41, 5.74) is -0.0734. The van der Waals surface area contributed by atoms with Crippen molar-refractivity contribution in [1.82, 2.24) is 20.3 Å². The van der Waals surface area contributed by atoms with Crippen LogP contribution in [0.1, 0.15) is 49.5 Å². The molecule has 1 saturated carbocycles. The number of carbonyl (C=O) groups excluding carboxylic acids is 1. The second-order valence-electron chi connectivity index (χ2n) is 6.56. The van der Waals surface area contributed by atoms with Gasteiger partial charge in [0, 0.05) is 12.2 Å². The maximum atomic E-state index is 12.6. The third kappa shape index (κ3) is 3.88. The zero-order chi connectivity index (χ0) is 18.7. The Bertz CT molecular complexity index is 809. The van der Waals surface area contributed by atoms with E-state index in [1.807, 2.05) is 6.92 Å². The number of nitrogens with one attached hydrogen (secondary N) is 1. The lowest BCUT2D eigenvalue weighted by Gasteiger charge is -2.28. The van der Waals surface area contributed by atoms with E-state index in [-0.39, 0.29) is 28.3 Å². The van der Waals surface area contributed by atoms with Crippen molar-refractivity contribution in [2.75, 3.05) is 0 Å². The van der Waals surface area contributed by atoms with Gasteiger partial charge in [0.05, 0.1) is 5.02 Å². The highest BCUT2D eigenvalue weighted by molar-refractivity contribution is 6.32. The smallest absolute Gasteiger partial charge is 0.274 e. The first-order valence-corrected chi connectivity index (χ1v) is 9.07. The van der Waals surface area contributed by atoms with Crippen LogP contribution in [0, 0.1) is 5.92 Å². The van der Waals surface area contributed by atoms with Crippen molar-refractivity contribution in [2.24, 2.45) is 5.92 Å². The van der Waals surface area contributed by atoms with Crippen LogP contribution in [0.25, 0.3) is 11.5 Å². The fourth-order valence-electron chi connectivity index (χ4n) is 3.28. The molecule has 1 atom stereocenters. The lowest BCUT2D eigenvalue weighted by molar-refractivity contribution is 0.0910. The summed E-state index contributed by atoms with van der Waals surface area (Å²) in [7, 11) is 0. The van der Waals surface area contributed by atoms with Crippen LogP contribution >= 0.6 is 11.6 Å². The first-order chi connectivity index (χ1) is 12.5. The van der Waals surface area contributed by atoms with Gasteiger partial charge in [0.2, 0.25) is 5.75 Å². The Hall–Kier alpha value is -2.41. The van der Waals surface area contributed by atoms with E-state index in [0.29, 0.717) is 5.92 Å². The van der Waals surface area contributed by atoms with E-state index in [4.69, 9.17) is 11.6 Å². The van der Waals surface area contributed by atoms with E-state index < -0.39 is 17.5 Å². The van der Waals surface area contributed by atoms with E-state index in [9.17, 15) is 15.0 Å². The van der Waals surface area contributed by atoms with Crippen molar-refractivity contribution >= 4 is 17.5 Å². The van der Waals surface area contributed by atoms with Crippen molar-refractivity contribution < 1.29 is 15.0 Å². The molecule has 0 radical (unpaired) electrons. The lowest BCUT2D eigenvalue weighted by atomic mass is 9.84. The molecule has 2 heterocycles. The zero-order valence-electron chi connectivity index (χ0n) is 14.4. The molecule has 1 aliphatic rings. The summed E-state index contributed by atoms with van der Waals surface area (Å²) >= 11 is 6.08. The van der Waals surface area contributed by atoms with Gasteiger partial charge in [0.1, 0.15) is 5.69 Å². The highest BCUT2D eigenvalue weighted by Crippen LogP contribution is 2.31. The largest absolute Gasteiger partial charge is 0.501 e. The van der Waals surface area contributed by atoms with Crippen molar-refractivity contribution in [2.45, 2.75) is 45.1 Å². The number of pyridine rings is 1. The molecule has 26 heavy (non-hydrogen) atoms. The molecule has 3 N–H and O–H groups in total. The average molecular weight is 377 g/mol. The Kier molecular flexibility index (Phi) is 5.56. The first kappa shape index (κ1) is 18.4. The molecule has 1 amide bonds. The van der Waals surface area contributed by atoms with Crippen LogP contribution in [-0.4, -0.2) is 37.1 Å². The van der Waals surface area contributed by atoms with Gasteiger partial charge in [-0.2, -0.15) is 4.98 Å². The normalized spacial score (nSPS) is 16.2. The quantitative estimate of drug-likeness (QED) is 0.755. The predicted molar refractivity (Wildman–Crippen MR) is 97.1 cm³/mol. The topological polar surface area (TPSA) is 108 Å². The molecule has 1 unspecified atom stereocenters. The Morgan fingerprint density at radius 2 is 2.00 bits per heavy atom. The highest BCUT2D eigenvalue weighted by atomic mass is 35.5. The van der Waals surface area contributed by atoms with Crippen LogP contribution in [-0.2, 0) is 0 Å². The SMILES string of the molecule is CC(NC(=O)c1nc(-c2ncccc2Cl)nc(O)c1O)C1CCCCC1. The minimum Gasteiger partial charge on any atom is -0.501 e. The molecule has 1 fully saturated rings. The van der Waals surface area contributed by atoms with E-state index in [1.54, 1.807) is 12.1 Å².